The van der Waals surface area contributed by atoms with Crippen molar-refractivity contribution >= 4 is 32.8 Å². The molecule has 0 unspecified atom stereocenters. The number of benzene rings is 1. The summed E-state index contributed by atoms with van der Waals surface area (Å²) in [5.74, 6) is -0.560. The average molecular weight is 300 g/mol. The number of rotatable bonds is 3. The zero-order chi connectivity index (χ0) is 12.4. The Kier molecular flexibility index (Phi) is 3.47. The average Bonchev–Trinajstić information content (AvgIpc) is 2.68. The predicted octanol–water partition coefficient (Wildman–Crippen LogP) is 3.18. The summed E-state index contributed by atoms with van der Waals surface area (Å²) in [5, 5.41) is 0.915. The molecule has 90 valence electrons. The molecule has 0 bridgehead atoms. The summed E-state index contributed by atoms with van der Waals surface area (Å²) >= 11 is 3.14. The third-order valence-corrected chi connectivity index (χ3v) is 3.15. The minimum absolute atomic E-state index is 0.254. The van der Waals surface area contributed by atoms with Gasteiger partial charge in [0.15, 0.2) is 0 Å². The number of halogens is 2. The van der Waals surface area contributed by atoms with E-state index in [0.29, 0.717) is 17.3 Å². The first-order valence-electron chi connectivity index (χ1n) is 5.13. The first-order chi connectivity index (χ1) is 8.10. The number of hydrogen-bond acceptors (Lipinski definition) is 2. The molecule has 0 saturated carbocycles. The Morgan fingerprint density at radius 1 is 1.47 bits per heavy atom. The Labute approximate surface area is 106 Å². The van der Waals surface area contributed by atoms with Gasteiger partial charge in [-0.3, -0.25) is 4.79 Å². The van der Waals surface area contributed by atoms with Crippen molar-refractivity contribution in [3.63, 3.8) is 0 Å². The fourth-order valence-electron chi connectivity index (χ4n) is 1.66. The molecule has 5 heteroatoms. The molecule has 0 atom stereocenters. The van der Waals surface area contributed by atoms with Gasteiger partial charge in [0.25, 0.3) is 0 Å². The van der Waals surface area contributed by atoms with Gasteiger partial charge in [0.1, 0.15) is 5.82 Å². The van der Waals surface area contributed by atoms with Crippen LogP contribution in [-0.4, -0.2) is 18.1 Å². The van der Waals surface area contributed by atoms with E-state index in [1.807, 2.05) is 6.07 Å². The molecule has 0 aliphatic rings. The second-order valence-corrected chi connectivity index (χ2v) is 4.58. The molecule has 1 heterocycles. The number of esters is 1. The maximum Gasteiger partial charge on any atom is 0.305 e. The van der Waals surface area contributed by atoms with Crippen molar-refractivity contribution in [1.82, 2.24) is 4.98 Å². The number of aromatic nitrogens is 1. The number of carbonyl (C=O) groups excluding carboxylic acids is 1. The fourth-order valence-corrected chi connectivity index (χ4v) is 2.02. The molecule has 0 radical (unpaired) electrons. The number of aromatic amines is 1. The first-order valence-corrected chi connectivity index (χ1v) is 5.93. The van der Waals surface area contributed by atoms with Crippen LogP contribution >= 0.6 is 15.9 Å². The fraction of sp³-hybridized carbons (Fsp3) is 0.250. The standard InChI is InChI=1S/C12H11BrFNO2/c1-17-12(16)3-2-8-4-7-5-9(13)10(14)6-11(7)15-8/h4-6,15H,2-3H2,1H3. The van der Waals surface area contributed by atoms with E-state index >= 15 is 0 Å². The Balaban J connectivity index is 2.23. The van der Waals surface area contributed by atoms with Gasteiger partial charge in [-0.25, -0.2) is 4.39 Å². The quantitative estimate of drug-likeness (QED) is 0.885. The molecule has 2 rings (SSSR count). The highest BCUT2D eigenvalue weighted by molar-refractivity contribution is 9.10. The van der Waals surface area contributed by atoms with E-state index in [-0.39, 0.29) is 11.8 Å². The molecule has 3 nitrogen and oxygen atoms in total. The molecule has 0 saturated heterocycles. The molecule has 1 N–H and O–H groups in total. The highest BCUT2D eigenvalue weighted by atomic mass is 79.9. The van der Waals surface area contributed by atoms with E-state index < -0.39 is 0 Å². The summed E-state index contributed by atoms with van der Waals surface area (Å²) in [7, 11) is 1.36. The predicted molar refractivity (Wildman–Crippen MR) is 66.3 cm³/mol. The highest BCUT2D eigenvalue weighted by Gasteiger charge is 2.07. The minimum atomic E-state index is -0.307. The van der Waals surface area contributed by atoms with Crippen molar-refractivity contribution in [1.29, 1.82) is 0 Å². The number of ether oxygens (including phenoxy) is 1. The lowest BCUT2D eigenvalue weighted by Crippen LogP contribution is -2.01. The van der Waals surface area contributed by atoms with Gasteiger partial charge in [-0.2, -0.15) is 0 Å². The third-order valence-electron chi connectivity index (χ3n) is 2.54. The van der Waals surface area contributed by atoms with Crippen molar-refractivity contribution in [3.8, 4) is 0 Å². The number of nitrogens with one attached hydrogen (secondary N) is 1. The van der Waals surface area contributed by atoms with Crippen LogP contribution in [-0.2, 0) is 16.0 Å². The first kappa shape index (κ1) is 12.1. The second kappa shape index (κ2) is 4.87. The smallest absolute Gasteiger partial charge is 0.305 e. The van der Waals surface area contributed by atoms with E-state index in [1.165, 1.54) is 13.2 Å². The number of hydrogen-bond donors (Lipinski definition) is 1. The van der Waals surface area contributed by atoms with Gasteiger partial charge < -0.3 is 9.72 Å². The van der Waals surface area contributed by atoms with E-state index in [9.17, 15) is 9.18 Å². The van der Waals surface area contributed by atoms with Gasteiger partial charge in [-0.1, -0.05) is 0 Å². The zero-order valence-corrected chi connectivity index (χ0v) is 10.8. The van der Waals surface area contributed by atoms with Crippen LogP contribution in [0.25, 0.3) is 10.9 Å². The van der Waals surface area contributed by atoms with E-state index in [4.69, 9.17) is 0 Å². The molecule has 1 aromatic carbocycles. The van der Waals surface area contributed by atoms with Crippen LogP contribution in [0.3, 0.4) is 0 Å². The van der Waals surface area contributed by atoms with E-state index in [2.05, 4.69) is 25.7 Å². The maximum absolute atomic E-state index is 13.3. The Hall–Kier alpha value is -1.36. The Bertz CT molecular complexity index is 526. The summed E-state index contributed by atoms with van der Waals surface area (Å²) in [5.41, 5.74) is 1.62. The normalized spacial score (nSPS) is 10.8. The molecule has 0 amide bonds. The number of carbonyl (C=O) groups is 1. The molecule has 2 aromatic rings. The third kappa shape index (κ3) is 2.66. The Morgan fingerprint density at radius 3 is 2.94 bits per heavy atom. The molecule has 17 heavy (non-hydrogen) atoms. The lowest BCUT2D eigenvalue weighted by atomic mass is 10.2. The summed E-state index contributed by atoms with van der Waals surface area (Å²) in [6.07, 6.45) is 0.869. The van der Waals surface area contributed by atoms with Crippen molar-refractivity contribution in [3.05, 3.63) is 34.2 Å². The molecule has 1 aromatic heterocycles. The zero-order valence-electron chi connectivity index (χ0n) is 9.22. The molecular formula is C12H11BrFNO2. The van der Waals surface area contributed by atoms with Crippen LogP contribution < -0.4 is 0 Å². The van der Waals surface area contributed by atoms with Gasteiger partial charge in [0.05, 0.1) is 18.0 Å². The van der Waals surface area contributed by atoms with Crippen LogP contribution in [0.2, 0.25) is 0 Å². The highest BCUT2D eigenvalue weighted by Crippen LogP contribution is 2.24. The van der Waals surface area contributed by atoms with E-state index in [1.54, 1.807) is 6.07 Å². The molecule has 0 aliphatic heterocycles. The summed E-state index contributed by atoms with van der Waals surface area (Å²) in [4.78, 5) is 14.1. The summed E-state index contributed by atoms with van der Waals surface area (Å²) in [6, 6.07) is 5.05. The second-order valence-electron chi connectivity index (χ2n) is 3.72. The van der Waals surface area contributed by atoms with Crippen LogP contribution in [0.4, 0.5) is 4.39 Å². The summed E-state index contributed by atoms with van der Waals surface area (Å²) < 4.78 is 18.3. The number of methoxy groups -OCH3 is 1. The molecule has 0 fully saturated rings. The number of fused-ring (bicyclic) bond motifs is 1. The molecular weight excluding hydrogens is 289 g/mol. The van der Waals surface area contributed by atoms with Crippen LogP contribution in [0.5, 0.6) is 0 Å². The van der Waals surface area contributed by atoms with Crippen LogP contribution in [0.1, 0.15) is 12.1 Å². The van der Waals surface area contributed by atoms with Crippen molar-refractivity contribution < 1.29 is 13.9 Å². The number of H-pyrrole nitrogens is 1. The van der Waals surface area contributed by atoms with Gasteiger partial charge in [-0.05, 0) is 40.5 Å². The summed E-state index contributed by atoms with van der Waals surface area (Å²) in [6.45, 7) is 0. The van der Waals surface area contributed by atoms with Crippen molar-refractivity contribution in [2.45, 2.75) is 12.8 Å². The van der Waals surface area contributed by atoms with Gasteiger partial charge in [0, 0.05) is 16.6 Å². The van der Waals surface area contributed by atoms with Crippen LogP contribution in [0.15, 0.2) is 22.7 Å². The monoisotopic (exact) mass is 299 g/mol. The topological polar surface area (TPSA) is 42.1 Å². The van der Waals surface area contributed by atoms with Gasteiger partial charge in [0.2, 0.25) is 0 Å². The van der Waals surface area contributed by atoms with Crippen molar-refractivity contribution in [2.75, 3.05) is 7.11 Å². The molecule has 0 spiro atoms. The molecule has 0 aliphatic carbocycles. The lowest BCUT2D eigenvalue weighted by molar-refractivity contribution is -0.140. The minimum Gasteiger partial charge on any atom is -0.469 e. The van der Waals surface area contributed by atoms with Crippen LogP contribution in [0, 0.1) is 5.82 Å². The van der Waals surface area contributed by atoms with Crippen molar-refractivity contribution in [2.24, 2.45) is 0 Å². The van der Waals surface area contributed by atoms with E-state index in [0.717, 1.165) is 16.6 Å². The van der Waals surface area contributed by atoms with Gasteiger partial charge >= 0.3 is 5.97 Å². The van der Waals surface area contributed by atoms with Gasteiger partial charge in [-0.15, -0.1) is 0 Å². The SMILES string of the molecule is COC(=O)CCc1cc2cc(Br)c(F)cc2[nH]1. The lowest BCUT2D eigenvalue weighted by Gasteiger charge is -1.96. The maximum atomic E-state index is 13.3. The largest absolute Gasteiger partial charge is 0.469 e. The number of aryl methyl sites for hydroxylation is 1. The Morgan fingerprint density at radius 2 is 2.24 bits per heavy atom.